The van der Waals surface area contributed by atoms with Crippen LogP contribution < -0.4 is 10.2 Å². The molecular weight excluding hydrogens is 196 g/mol. The minimum absolute atomic E-state index is 1.08. The summed E-state index contributed by atoms with van der Waals surface area (Å²) >= 11 is 0. The van der Waals surface area contributed by atoms with Gasteiger partial charge in [0.2, 0.25) is 0 Å². The van der Waals surface area contributed by atoms with Gasteiger partial charge < -0.3 is 10.2 Å². The molecule has 90 valence electrons. The monoisotopic (exact) mass is 220 g/mol. The van der Waals surface area contributed by atoms with Crippen molar-refractivity contribution in [2.45, 2.75) is 26.2 Å². The van der Waals surface area contributed by atoms with E-state index in [9.17, 15) is 0 Å². The maximum Gasteiger partial charge on any atom is 0.0363 e. The molecule has 0 aliphatic carbocycles. The summed E-state index contributed by atoms with van der Waals surface area (Å²) in [5.41, 5.74) is 2.76. The molecule has 0 radical (unpaired) electrons. The molecule has 0 spiro atoms. The van der Waals surface area contributed by atoms with E-state index in [1.165, 1.54) is 30.5 Å². The number of rotatable bonds is 7. The minimum Gasteiger partial charge on any atom is -0.375 e. The van der Waals surface area contributed by atoms with Gasteiger partial charge in [-0.3, -0.25) is 0 Å². The van der Waals surface area contributed by atoms with Crippen LogP contribution in [0.4, 0.5) is 5.69 Å². The lowest BCUT2D eigenvalue weighted by molar-refractivity contribution is 0.713. The van der Waals surface area contributed by atoms with Crippen molar-refractivity contribution in [2.75, 3.05) is 32.1 Å². The zero-order chi connectivity index (χ0) is 11.8. The van der Waals surface area contributed by atoms with E-state index < -0.39 is 0 Å². The summed E-state index contributed by atoms with van der Waals surface area (Å²) in [7, 11) is 4.16. The Morgan fingerprint density at radius 3 is 2.44 bits per heavy atom. The van der Waals surface area contributed by atoms with Crippen molar-refractivity contribution in [1.82, 2.24) is 5.32 Å². The lowest BCUT2D eigenvalue weighted by atomic mass is 10.1. The summed E-state index contributed by atoms with van der Waals surface area (Å²) in [5, 5.41) is 3.17. The van der Waals surface area contributed by atoms with Gasteiger partial charge in [0, 0.05) is 19.3 Å². The molecule has 0 saturated carbocycles. The van der Waals surface area contributed by atoms with Crippen LogP contribution in [0.1, 0.15) is 25.3 Å². The number of hydrogen-bond acceptors (Lipinski definition) is 2. The molecule has 0 atom stereocenters. The molecule has 2 nitrogen and oxygen atoms in total. The zero-order valence-electron chi connectivity index (χ0n) is 10.8. The Morgan fingerprint density at radius 1 is 1.19 bits per heavy atom. The molecule has 1 aromatic rings. The van der Waals surface area contributed by atoms with Crippen LogP contribution in [0.25, 0.3) is 0 Å². The molecular formula is C14H24N2. The Hall–Kier alpha value is -1.02. The minimum atomic E-state index is 1.08. The molecule has 1 aromatic carbocycles. The summed E-state index contributed by atoms with van der Waals surface area (Å²) < 4.78 is 0. The first-order chi connectivity index (χ1) is 7.77. The van der Waals surface area contributed by atoms with Gasteiger partial charge in [-0.2, -0.15) is 0 Å². The second-order valence-corrected chi connectivity index (χ2v) is 4.30. The number of hydrogen-bond donors (Lipinski definition) is 1. The van der Waals surface area contributed by atoms with E-state index in [-0.39, 0.29) is 0 Å². The molecule has 0 fully saturated rings. The fraction of sp³-hybridized carbons (Fsp3) is 0.571. The van der Waals surface area contributed by atoms with Gasteiger partial charge in [-0.05, 0) is 44.1 Å². The number of nitrogens with one attached hydrogen (secondary N) is 1. The van der Waals surface area contributed by atoms with Crippen molar-refractivity contribution in [2.24, 2.45) is 0 Å². The molecule has 0 bridgehead atoms. The van der Waals surface area contributed by atoms with E-state index in [4.69, 9.17) is 0 Å². The topological polar surface area (TPSA) is 15.3 Å². The lowest BCUT2D eigenvalue weighted by Crippen LogP contribution is -2.22. The van der Waals surface area contributed by atoms with Gasteiger partial charge in [0.05, 0.1) is 0 Å². The number of anilines is 1. The van der Waals surface area contributed by atoms with Crippen molar-refractivity contribution in [3.8, 4) is 0 Å². The molecule has 0 heterocycles. The predicted molar refractivity (Wildman–Crippen MR) is 72.3 cm³/mol. The van der Waals surface area contributed by atoms with Gasteiger partial charge in [-0.15, -0.1) is 0 Å². The van der Waals surface area contributed by atoms with Crippen LogP contribution >= 0.6 is 0 Å². The summed E-state index contributed by atoms with van der Waals surface area (Å²) in [6, 6.07) is 8.94. The summed E-state index contributed by atoms with van der Waals surface area (Å²) in [6.45, 7) is 4.41. The van der Waals surface area contributed by atoms with E-state index >= 15 is 0 Å². The maximum absolute atomic E-state index is 3.17. The second-order valence-electron chi connectivity index (χ2n) is 4.30. The molecule has 0 unspecified atom stereocenters. The van der Waals surface area contributed by atoms with Crippen molar-refractivity contribution < 1.29 is 0 Å². The third-order valence-corrected chi connectivity index (χ3v) is 2.84. The van der Waals surface area contributed by atoms with Crippen LogP contribution in [0, 0.1) is 0 Å². The fourth-order valence-electron chi connectivity index (χ4n) is 1.83. The number of benzene rings is 1. The van der Waals surface area contributed by atoms with Gasteiger partial charge in [0.25, 0.3) is 0 Å². The van der Waals surface area contributed by atoms with E-state index in [1.54, 1.807) is 0 Å². The van der Waals surface area contributed by atoms with Gasteiger partial charge in [0.1, 0.15) is 0 Å². The molecule has 16 heavy (non-hydrogen) atoms. The van der Waals surface area contributed by atoms with Crippen LogP contribution in [0.2, 0.25) is 0 Å². The average molecular weight is 220 g/mol. The highest BCUT2D eigenvalue weighted by Crippen LogP contribution is 2.14. The Kier molecular flexibility index (Phi) is 5.94. The third kappa shape index (κ3) is 4.23. The van der Waals surface area contributed by atoms with Crippen molar-refractivity contribution in [1.29, 1.82) is 0 Å². The first-order valence-electron chi connectivity index (χ1n) is 6.22. The summed E-state index contributed by atoms with van der Waals surface area (Å²) in [5.74, 6) is 0. The molecule has 1 N–H and O–H groups in total. The van der Waals surface area contributed by atoms with Gasteiger partial charge in [-0.1, -0.05) is 25.5 Å². The van der Waals surface area contributed by atoms with Gasteiger partial charge >= 0.3 is 0 Å². The maximum atomic E-state index is 3.17. The molecule has 0 saturated heterocycles. The number of nitrogens with zero attached hydrogens (tertiary/aromatic N) is 1. The van der Waals surface area contributed by atoms with Crippen LogP contribution in [-0.4, -0.2) is 27.2 Å². The number of aryl methyl sites for hydroxylation is 1. The Labute approximate surface area is 99.7 Å². The zero-order valence-corrected chi connectivity index (χ0v) is 10.8. The molecule has 0 aliphatic heterocycles. The third-order valence-electron chi connectivity index (χ3n) is 2.84. The SMILES string of the molecule is CCCc1ccc(N(C)CCCNC)cc1. The van der Waals surface area contributed by atoms with Gasteiger partial charge in [-0.25, -0.2) is 0 Å². The molecule has 2 heteroatoms. The van der Waals surface area contributed by atoms with Crippen molar-refractivity contribution in [3.63, 3.8) is 0 Å². The first kappa shape index (κ1) is 13.0. The van der Waals surface area contributed by atoms with E-state index in [0.717, 1.165) is 13.1 Å². The normalized spacial score (nSPS) is 10.4. The summed E-state index contributed by atoms with van der Waals surface area (Å²) in [4.78, 5) is 2.31. The highest BCUT2D eigenvalue weighted by molar-refractivity contribution is 5.46. The van der Waals surface area contributed by atoms with Crippen molar-refractivity contribution in [3.05, 3.63) is 29.8 Å². The molecule has 0 amide bonds. The second kappa shape index (κ2) is 7.29. The van der Waals surface area contributed by atoms with Crippen LogP contribution in [0.5, 0.6) is 0 Å². The smallest absolute Gasteiger partial charge is 0.0363 e. The highest BCUT2D eigenvalue weighted by atomic mass is 15.1. The predicted octanol–water partition coefficient (Wildman–Crippen LogP) is 2.68. The van der Waals surface area contributed by atoms with Crippen LogP contribution in [0.3, 0.4) is 0 Å². The van der Waals surface area contributed by atoms with Crippen LogP contribution in [0.15, 0.2) is 24.3 Å². The summed E-state index contributed by atoms with van der Waals surface area (Å²) in [6.07, 6.45) is 3.59. The van der Waals surface area contributed by atoms with E-state index in [0.29, 0.717) is 0 Å². The first-order valence-corrected chi connectivity index (χ1v) is 6.22. The Balaban J connectivity index is 2.46. The largest absolute Gasteiger partial charge is 0.375 e. The molecule has 0 aliphatic rings. The lowest BCUT2D eigenvalue weighted by Gasteiger charge is -2.19. The Bertz CT molecular complexity index is 279. The van der Waals surface area contributed by atoms with Crippen molar-refractivity contribution >= 4 is 5.69 Å². The Morgan fingerprint density at radius 2 is 1.88 bits per heavy atom. The molecule has 0 aromatic heterocycles. The fourth-order valence-corrected chi connectivity index (χ4v) is 1.83. The molecule has 1 rings (SSSR count). The van der Waals surface area contributed by atoms with E-state index in [1.807, 2.05) is 7.05 Å². The van der Waals surface area contributed by atoms with E-state index in [2.05, 4.69) is 48.5 Å². The average Bonchev–Trinajstić information content (AvgIpc) is 2.30. The van der Waals surface area contributed by atoms with Gasteiger partial charge in [0.15, 0.2) is 0 Å². The standard InChI is InChI=1S/C14H24N2/c1-4-6-13-7-9-14(10-8-13)16(3)12-5-11-15-2/h7-10,15H,4-6,11-12H2,1-3H3. The highest BCUT2D eigenvalue weighted by Gasteiger charge is 2.00. The quantitative estimate of drug-likeness (QED) is 0.711. The van der Waals surface area contributed by atoms with Crippen LogP contribution in [-0.2, 0) is 6.42 Å².